The van der Waals surface area contributed by atoms with Gasteiger partial charge in [0.05, 0.1) is 11.5 Å². The van der Waals surface area contributed by atoms with Crippen molar-refractivity contribution in [1.29, 1.82) is 0 Å². The molecule has 0 aliphatic heterocycles. The van der Waals surface area contributed by atoms with E-state index in [4.69, 9.17) is 0 Å². The molecular formula is C30H48O3. The minimum absolute atomic E-state index is 0.0202. The zero-order chi connectivity index (χ0) is 24.2. The Morgan fingerprint density at radius 2 is 1.52 bits per heavy atom. The molecule has 0 aromatic heterocycles. The van der Waals surface area contributed by atoms with E-state index < -0.39 is 11.4 Å². The normalized spacial score (nSPS) is 55.0. The molecule has 0 heterocycles. The Balaban J connectivity index is 1.57. The van der Waals surface area contributed by atoms with Crippen LogP contribution >= 0.6 is 0 Å². The van der Waals surface area contributed by atoms with Crippen LogP contribution in [0.25, 0.3) is 0 Å². The largest absolute Gasteiger partial charge is 0.481 e. The van der Waals surface area contributed by atoms with Crippen molar-refractivity contribution in [1.82, 2.24) is 0 Å². The highest BCUT2D eigenvalue weighted by Gasteiger charge is 2.71. The first-order valence-corrected chi connectivity index (χ1v) is 13.8. The highest BCUT2D eigenvalue weighted by molar-refractivity contribution is 5.76. The quantitative estimate of drug-likeness (QED) is 0.436. The van der Waals surface area contributed by atoms with Gasteiger partial charge in [0.15, 0.2) is 0 Å². The second kappa shape index (κ2) is 7.11. The summed E-state index contributed by atoms with van der Waals surface area (Å²) in [5.74, 6) is 1.79. The third-order valence-corrected chi connectivity index (χ3v) is 13.5. The molecule has 0 radical (unpaired) electrons. The van der Waals surface area contributed by atoms with Crippen molar-refractivity contribution in [2.45, 2.75) is 112 Å². The van der Waals surface area contributed by atoms with E-state index in [9.17, 15) is 15.0 Å². The first-order valence-electron chi connectivity index (χ1n) is 13.8. The predicted molar refractivity (Wildman–Crippen MR) is 133 cm³/mol. The Bertz CT molecular complexity index is 861. The van der Waals surface area contributed by atoms with Crippen LogP contribution in [0.4, 0.5) is 0 Å². The molecule has 5 aliphatic rings. The third-order valence-electron chi connectivity index (χ3n) is 13.5. The van der Waals surface area contributed by atoms with Gasteiger partial charge in [-0.2, -0.15) is 0 Å². The second-order valence-electron chi connectivity index (χ2n) is 14.5. The zero-order valence-electron chi connectivity index (χ0n) is 22.0. The molecule has 0 spiro atoms. The number of aliphatic hydroxyl groups excluding tert-OH is 1. The van der Waals surface area contributed by atoms with Gasteiger partial charge in [-0.1, -0.05) is 46.8 Å². The van der Waals surface area contributed by atoms with Gasteiger partial charge in [0.1, 0.15) is 0 Å². The molecule has 0 amide bonds. The van der Waals surface area contributed by atoms with Crippen molar-refractivity contribution < 1.29 is 15.0 Å². The molecule has 5 saturated carbocycles. The summed E-state index contributed by atoms with van der Waals surface area (Å²) in [5, 5.41) is 21.4. The predicted octanol–water partition coefficient (Wildman–Crippen LogP) is 7.09. The van der Waals surface area contributed by atoms with Crippen molar-refractivity contribution in [3.8, 4) is 0 Å². The van der Waals surface area contributed by atoms with E-state index in [0.717, 1.165) is 38.5 Å². The van der Waals surface area contributed by atoms with E-state index in [2.05, 4.69) is 48.1 Å². The average Bonchev–Trinajstić information content (AvgIpc) is 3.13. The standard InChI is InChI=1S/C30H48O3/c1-18(2)19-10-15-30(25(32)33)17-16-28(6)20(24(19)30)8-9-22-27(5)13-12-23(31)26(3,4)21(27)11-14-29(22,28)7/h19-24,31H,1,8-17H2,2-7H3,(H,32,33)/t19-,20+,21?,22?,23+,24?,27-,28+,29+,30-/m0/s1. The Morgan fingerprint density at radius 1 is 0.818 bits per heavy atom. The molecule has 0 aromatic rings. The van der Waals surface area contributed by atoms with Gasteiger partial charge in [0, 0.05) is 0 Å². The number of carboxylic acid groups (broad SMARTS) is 1. The zero-order valence-corrected chi connectivity index (χ0v) is 22.0. The van der Waals surface area contributed by atoms with Crippen LogP contribution in [-0.2, 0) is 4.79 Å². The summed E-state index contributed by atoms with van der Waals surface area (Å²) in [6, 6.07) is 0. The molecule has 0 saturated heterocycles. The van der Waals surface area contributed by atoms with E-state index in [1.54, 1.807) is 0 Å². The summed E-state index contributed by atoms with van der Waals surface area (Å²) >= 11 is 0. The first kappa shape index (κ1) is 23.9. The molecule has 186 valence electrons. The number of hydrogen-bond acceptors (Lipinski definition) is 2. The van der Waals surface area contributed by atoms with E-state index in [1.807, 2.05) is 0 Å². The second-order valence-corrected chi connectivity index (χ2v) is 14.5. The van der Waals surface area contributed by atoms with E-state index in [-0.39, 0.29) is 33.7 Å². The van der Waals surface area contributed by atoms with Crippen LogP contribution < -0.4 is 0 Å². The van der Waals surface area contributed by atoms with Crippen molar-refractivity contribution >= 4 is 5.97 Å². The maximum Gasteiger partial charge on any atom is 0.309 e. The molecule has 0 aromatic carbocycles. The van der Waals surface area contributed by atoms with Crippen molar-refractivity contribution in [3.05, 3.63) is 12.2 Å². The number of fused-ring (bicyclic) bond motifs is 7. The summed E-state index contributed by atoms with van der Waals surface area (Å²) < 4.78 is 0. The first-order chi connectivity index (χ1) is 15.3. The van der Waals surface area contributed by atoms with Gasteiger partial charge < -0.3 is 10.2 Å². The maximum absolute atomic E-state index is 12.8. The molecule has 2 N–H and O–H groups in total. The van der Waals surface area contributed by atoms with Gasteiger partial charge in [-0.15, -0.1) is 0 Å². The average molecular weight is 457 g/mol. The number of hydrogen-bond donors (Lipinski definition) is 2. The minimum atomic E-state index is -0.538. The molecule has 5 fully saturated rings. The number of aliphatic carboxylic acids is 1. The van der Waals surface area contributed by atoms with Crippen LogP contribution in [0.3, 0.4) is 0 Å². The monoisotopic (exact) mass is 456 g/mol. The van der Waals surface area contributed by atoms with Crippen molar-refractivity contribution in [2.75, 3.05) is 0 Å². The van der Waals surface area contributed by atoms with Crippen LogP contribution in [0.5, 0.6) is 0 Å². The molecule has 3 heteroatoms. The maximum atomic E-state index is 12.8. The summed E-state index contributed by atoms with van der Waals surface area (Å²) in [6.07, 6.45) is 10.5. The van der Waals surface area contributed by atoms with Crippen molar-refractivity contribution in [3.63, 3.8) is 0 Å². The van der Waals surface area contributed by atoms with Gasteiger partial charge in [-0.25, -0.2) is 0 Å². The van der Waals surface area contributed by atoms with Gasteiger partial charge >= 0.3 is 5.97 Å². The number of carboxylic acids is 1. The minimum Gasteiger partial charge on any atom is -0.481 e. The lowest BCUT2D eigenvalue weighted by atomic mass is 9.32. The molecule has 0 bridgehead atoms. The molecular weight excluding hydrogens is 408 g/mol. The van der Waals surface area contributed by atoms with Gasteiger partial charge in [-0.3, -0.25) is 4.79 Å². The van der Waals surface area contributed by atoms with Crippen LogP contribution in [0.15, 0.2) is 12.2 Å². The number of aliphatic hydroxyl groups is 1. The van der Waals surface area contributed by atoms with Gasteiger partial charge in [0.2, 0.25) is 0 Å². The number of rotatable bonds is 2. The van der Waals surface area contributed by atoms with Crippen LogP contribution in [-0.4, -0.2) is 22.3 Å². The fourth-order valence-electron chi connectivity index (χ4n) is 11.5. The van der Waals surface area contributed by atoms with Crippen LogP contribution in [0.1, 0.15) is 106 Å². The summed E-state index contributed by atoms with van der Waals surface area (Å²) in [6.45, 7) is 18.8. The smallest absolute Gasteiger partial charge is 0.309 e. The molecule has 3 nitrogen and oxygen atoms in total. The van der Waals surface area contributed by atoms with E-state index in [0.29, 0.717) is 23.7 Å². The van der Waals surface area contributed by atoms with Gasteiger partial charge in [0.25, 0.3) is 0 Å². The Morgan fingerprint density at radius 3 is 2.15 bits per heavy atom. The number of carbonyl (C=O) groups is 1. The molecule has 33 heavy (non-hydrogen) atoms. The third kappa shape index (κ3) is 2.75. The Hall–Kier alpha value is -0.830. The fourth-order valence-corrected chi connectivity index (χ4v) is 11.5. The summed E-state index contributed by atoms with van der Waals surface area (Å²) in [5.41, 5.74) is 1.35. The molecule has 5 aliphatic carbocycles. The lowest BCUT2D eigenvalue weighted by Crippen LogP contribution is -2.67. The van der Waals surface area contributed by atoms with E-state index in [1.165, 1.54) is 31.3 Å². The number of allylic oxidation sites excluding steroid dienone is 1. The lowest BCUT2D eigenvalue weighted by Gasteiger charge is -2.72. The van der Waals surface area contributed by atoms with Crippen LogP contribution in [0, 0.1) is 56.7 Å². The van der Waals surface area contributed by atoms with Crippen molar-refractivity contribution in [2.24, 2.45) is 56.7 Å². The van der Waals surface area contributed by atoms with Crippen LogP contribution in [0.2, 0.25) is 0 Å². The summed E-state index contributed by atoms with van der Waals surface area (Å²) in [4.78, 5) is 12.8. The lowest BCUT2D eigenvalue weighted by molar-refractivity contribution is -0.248. The Labute approximate surface area is 201 Å². The summed E-state index contributed by atoms with van der Waals surface area (Å²) in [7, 11) is 0. The molecule has 3 unspecified atom stereocenters. The SMILES string of the molecule is C=C(C)[C@@H]1CC[C@]2(C(=O)O)CC[C@]3(C)[C@H](CCC4[C@@]5(C)CC[C@@H](O)C(C)(C)C5CC[C@]43C)C12. The highest BCUT2D eigenvalue weighted by atomic mass is 16.4. The Kier molecular flexibility index (Phi) is 5.15. The van der Waals surface area contributed by atoms with E-state index >= 15 is 0 Å². The molecule has 5 rings (SSSR count). The highest BCUT2D eigenvalue weighted by Crippen LogP contribution is 2.77. The molecule has 10 atom stereocenters. The fraction of sp³-hybridized carbons (Fsp3) is 0.900. The topological polar surface area (TPSA) is 57.5 Å². The van der Waals surface area contributed by atoms with Gasteiger partial charge in [-0.05, 0) is 122 Å².